The van der Waals surface area contributed by atoms with Crippen molar-refractivity contribution in [3.63, 3.8) is 0 Å². The number of rotatable bonds is 3. The van der Waals surface area contributed by atoms with Crippen molar-refractivity contribution < 1.29 is 19.4 Å². The van der Waals surface area contributed by atoms with Crippen molar-refractivity contribution in [1.29, 1.82) is 0 Å². The zero-order chi connectivity index (χ0) is 12.3. The lowest BCUT2D eigenvalue weighted by atomic mass is 9.89. The van der Waals surface area contributed by atoms with Gasteiger partial charge >= 0.3 is 5.97 Å². The lowest BCUT2D eigenvalue weighted by molar-refractivity contribution is -0.142. The number of ether oxygens (including phenoxy) is 2. The molecule has 0 aromatic heterocycles. The molecular weight excluding hydrogens is 220 g/mol. The maximum Gasteiger partial charge on any atom is 0.343 e. The Morgan fingerprint density at radius 1 is 1.53 bits per heavy atom. The van der Waals surface area contributed by atoms with Gasteiger partial charge in [0.15, 0.2) is 6.61 Å². The molecule has 2 rings (SSSR count). The monoisotopic (exact) mass is 236 g/mol. The van der Waals surface area contributed by atoms with Crippen molar-refractivity contribution in [2.75, 3.05) is 13.7 Å². The van der Waals surface area contributed by atoms with Gasteiger partial charge in [0, 0.05) is 0 Å². The molecule has 17 heavy (non-hydrogen) atoms. The number of hydrogen-bond acceptors (Lipinski definition) is 4. The molecule has 0 bridgehead atoms. The number of methoxy groups -OCH3 is 1. The van der Waals surface area contributed by atoms with Gasteiger partial charge in [0.05, 0.1) is 13.2 Å². The highest BCUT2D eigenvalue weighted by atomic mass is 16.6. The molecule has 1 aromatic carbocycles. The summed E-state index contributed by atoms with van der Waals surface area (Å²) in [5.41, 5.74) is 2.08. The summed E-state index contributed by atoms with van der Waals surface area (Å²) >= 11 is 0. The Bertz CT molecular complexity index is 414. The average Bonchev–Trinajstić information content (AvgIpc) is 2.36. The lowest BCUT2D eigenvalue weighted by Crippen LogP contribution is -2.14. The highest BCUT2D eigenvalue weighted by molar-refractivity contribution is 5.70. The van der Waals surface area contributed by atoms with Crippen LogP contribution >= 0.6 is 0 Å². The van der Waals surface area contributed by atoms with Gasteiger partial charge in [-0.2, -0.15) is 0 Å². The average molecular weight is 236 g/mol. The van der Waals surface area contributed by atoms with Crippen molar-refractivity contribution in [2.24, 2.45) is 0 Å². The summed E-state index contributed by atoms with van der Waals surface area (Å²) in [5, 5.41) is 9.86. The molecule has 1 aliphatic carbocycles. The van der Waals surface area contributed by atoms with Gasteiger partial charge in [-0.15, -0.1) is 0 Å². The number of carbonyl (C=O) groups excluding carboxylic acids is 1. The first-order chi connectivity index (χ1) is 8.20. The van der Waals surface area contributed by atoms with Crippen molar-refractivity contribution in [3.05, 3.63) is 29.3 Å². The molecule has 92 valence electrons. The van der Waals surface area contributed by atoms with Crippen LogP contribution in [0.1, 0.15) is 30.1 Å². The van der Waals surface area contributed by atoms with Gasteiger partial charge < -0.3 is 14.6 Å². The molecule has 0 heterocycles. The van der Waals surface area contributed by atoms with E-state index in [9.17, 15) is 9.90 Å². The van der Waals surface area contributed by atoms with E-state index in [1.54, 1.807) is 0 Å². The number of aliphatic hydroxyl groups is 1. The third-order valence-electron chi connectivity index (χ3n) is 2.98. The van der Waals surface area contributed by atoms with Gasteiger partial charge in [0.2, 0.25) is 0 Å². The van der Waals surface area contributed by atoms with Crippen LogP contribution in [0.2, 0.25) is 0 Å². The number of hydrogen-bond donors (Lipinski definition) is 1. The number of carbonyl (C=O) groups is 1. The number of aliphatic hydroxyl groups excluding tert-OH is 1. The second-order valence-corrected chi connectivity index (χ2v) is 4.13. The summed E-state index contributed by atoms with van der Waals surface area (Å²) in [4.78, 5) is 10.9. The van der Waals surface area contributed by atoms with E-state index >= 15 is 0 Å². The van der Waals surface area contributed by atoms with E-state index in [2.05, 4.69) is 4.74 Å². The van der Waals surface area contributed by atoms with E-state index in [0.717, 1.165) is 30.4 Å². The lowest BCUT2D eigenvalue weighted by Gasteiger charge is -2.21. The smallest absolute Gasteiger partial charge is 0.343 e. The quantitative estimate of drug-likeness (QED) is 0.810. The number of benzene rings is 1. The van der Waals surface area contributed by atoms with Crippen molar-refractivity contribution >= 4 is 5.97 Å². The first-order valence-corrected chi connectivity index (χ1v) is 5.71. The van der Waals surface area contributed by atoms with E-state index in [0.29, 0.717) is 5.75 Å². The van der Waals surface area contributed by atoms with Gasteiger partial charge in [-0.3, -0.25) is 0 Å². The molecule has 0 saturated carbocycles. The predicted octanol–water partition coefficient (Wildman–Crippen LogP) is 1.61. The molecule has 0 saturated heterocycles. The molecule has 1 aliphatic rings. The van der Waals surface area contributed by atoms with E-state index in [4.69, 9.17) is 4.74 Å². The minimum absolute atomic E-state index is 0.106. The molecule has 0 unspecified atom stereocenters. The highest BCUT2D eigenvalue weighted by Gasteiger charge is 2.18. The first-order valence-electron chi connectivity index (χ1n) is 5.71. The Hall–Kier alpha value is -1.55. The van der Waals surface area contributed by atoms with Gasteiger partial charge in [0.1, 0.15) is 5.75 Å². The van der Waals surface area contributed by atoms with Crippen LogP contribution in [0.5, 0.6) is 5.75 Å². The van der Waals surface area contributed by atoms with Gasteiger partial charge in [-0.25, -0.2) is 4.79 Å². The second kappa shape index (κ2) is 5.19. The molecule has 1 N–H and O–H groups in total. The maximum absolute atomic E-state index is 10.9. The SMILES string of the molecule is COC(=O)COc1ccc2c(c1)[C@@H](O)CCC2. The van der Waals surface area contributed by atoms with Crippen LogP contribution in [0, 0.1) is 0 Å². The Morgan fingerprint density at radius 2 is 2.35 bits per heavy atom. The Balaban J connectivity index is 2.10. The fourth-order valence-electron chi connectivity index (χ4n) is 2.04. The minimum Gasteiger partial charge on any atom is -0.482 e. The highest BCUT2D eigenvalue weighted by Crippen LogP contribution is 2.32. The summed E-state index contributed by atoms with van der Waals surface area (Å²) in [5.74, 6) is 0.179. The van der Waals surface area contributed by atoms with Crippen molar-refractivity contribution in [1.82, 2.24) is 0 Å². The molecule has 0 aliphatic heterocycles. The third kappa shape index (κ3) is 2.77. The van der Waals surface area contributed by atoms with Crippen molar-refractivity contribution in [2.45, 2.75) is 25.4 Å². The number of fused-ring (bicyclic) bond motifs is 1. The van der Waals surface area contributed by atoms with E-state index < -0.39 is 12.1 Å². The van der Waals surface area contributed by atoms with Crippen LogP contribution in [0.3, 0.4) is 0 Å². The normalized spacial score (nSPS) is 18.4. The summed E-state index contributed by atoms with van der Waals surface area (Å²) in [6, 6.07) is 5.58. The Kier molecular flexibility index (Phi) is 3.64. The van der Waals surface area contributed by atoms with Crippen LogP contribution in [0.15, 0.2) is 18.2 Å². The maximum atomic E-state index is 10.9. The van der Waals surface area contributed by atoms with E-state index in [1.807, 2.05) is 18.2 Å². The molecule has 1 atom stereocenters. The number of esters is 1. The third-order valence-corrected chi connectivity index (χ3v) is 2.98. The summed E-state index contributed by atoms with van der Waals surface area (Å²) < 4.78 is 9.78. The molecule has 0 amide bonds. The molecular formula is C13H16O4. The van der Waals surface area contributed by atoms with Crippen LogP contribution in [0.4, 0.5) is 0 Å². The van der Waals surface area contributed by atoms with Crippen molar-refractivity contribution in [3.8, 4) is 5.75 Å². The molecule has 0 fully saturated rings. The molecule has 4 nitrogen and oxygen atoms in total. The largest absolute Gasteiger partial charge is 0.482 e. The van der Waals surface area contributed by atoms with Crippen LogP contribution in [-0.2, 0) is 16.0 Å². The van der Waals surface area contributed by atoms with E-state index in [1.165, 1.54) is 7.11 Å². The van der Waals surface area contributed by atoms with Crippen LogP contribution in [-0.4, -0.2) is 24.8 Å². The Labute approximate surface area is 100 Å². The fraction of sp³-hybridized carbons (Fsp3) is 0.462. The zero-order valence-corrected chi connectivity index (χ0v) is 9.81. The van der Waals surface area contributed by atoms with E-state index in [-0.39, 0.29) is 6.61 Å². The molecule has 0 radical (unpaired) electrons. The standard InChI is InChI=1S/C13H16O4/c1-16-13(15)8-17-10-6-5-9-3-2-4-12(14)11(9)7-10/h5-7,12,14H,2-4,8H2,1H3/t12-/m0/s1. The molecule has 1 aromatic rings. The number of aryl methyl sites for hydroxylation is 1. The minimum atomic E-state index is -0.416. The molecule has 0 spiro atoms. The zero-order valence-electron chi connectivity index (χ0n) is 9.81. The predicted molar refractivity (Wildman–Crippen MR) is 61.9 cm³/mol. The van der Waals surface area contributed by atoms with Crippen LogP contribution < -0.4 is 4.74 Å². The van der Waals surface area contributed by atoms with Gasteiger partial charge in [0.25, 0.3) is 0 Å². The summed E-state index contributed by atoms with van der Waals surface area (Å²) in [6.45, 7) is -0.106. The molecule has 4 heteroatoms. The van der Waals surface area contributed by atoms with Gasteiger partial charge in [-0.1, -0.05) is 6.07 Å². The first kappa shape index (κ1) is 11.9. The topological polar surface area (TPSA) is 55.8 Å². The van der Waals surface area contributed by atoms with Crippen LogP contribution in [0.25, 0.3) is 0 Å². The Morgan fingerprint density at radius 3 is 3.12 bits per heavy atom. The summed E-state index contributed by atoms with van der Waals surface area (Å²) in [6.07, 6.45) is 2.37. The fourth-order valence-corrected chi connectivity index (χ4v) is 2.04. The summed E-state index contributed by atoms with van der Waals surface area (Å²) in [7, 11) is 1.32. The van der Waals surface area contributed by atoms with Gasteiger partial charge in [-0.05, 0) is 42.5 Å². The second-order valence-electron chi connectivity index (χ2n) is 4.13.